The molecule has 0 radical (unpaired) electrons. The van der Waals surface area contributed by atoms with Crippen LogP contribution >= 0.6 is 0 Å². The van der Waals surface area contributed by atoms with E-state index in [4.69, 9.17) is 4.74 Å². The van der Waals surface area contributed by atoms with Crippen molar-refractivity contribution in [3.8, 4) is 6.07 Å². The van der Waals surface area contributed by atoms with E-state index in [0.29, 0.717) is 12.3 Å². The number of carbonyl (C=O) groups excluding carboxylic acids is 1. The smallest absolute Gasteiger partial charge is 0.266 e. The summed E-state index contributed by atoms with van der Waals surface area (Å²) in [7, 11) is 1.68. The van der Waals surface area contributed by atoms with E-state index >= 15 is 0 Å². The van der Waals surface area contributed by atoms with Crippen LogP contribution in [-0.2, 0) is 9.53 Å². The molecule has 30 heavy (non-hydrogen) atoms. The summed E-state index contributed by atoms with van der Waals surface area (Å²) in [4.78, 5) is 14.9. The number of anilines is 2. The topological polar surface area (TPSA) is 70.3 Å². The van der Waals surface area contributed by atoms with Crippen LogP contribution in [0.3, 0.4) is 0 Å². The van der Waals surface area contributed by atoms with Crippen molar-refractivity contribution in [1.29, 1.82) is 5.26 Å². The summed E-state index contributed by atoms with van der Waals surface area (Å²) in [5.41, 5.74) is 4.76. The Kier molecular flexibility index (Phi) is 8.25. The fourth-order valence-corrected chi connectivity index (χ4v) is 3.79. The molecule has 0 aliphatic rings. The van der Waals surface area contributed by atoms with Crippen LogP contribution in [-0.4, -0.2) is 37.3 Å². The molecule has 0 aliphatic carbocycles. The normalized spacial score (nSPS) is 12.4. The van der Waals surface area contributed by atoms with Crippen molar-refractivity contribution in [2.24, 2.45) is 0 Å². The Balaban J connectivity index is 2.22. The quantitative estimate of drug-likeness (QED) is 0.482. The van der Waals surface area contributed by atoms with Crippen LogP contribution in [0.2, 0.25) is 0 Å². The third kappa shape index (κ3) is 5.31. The first kappa shape index (κ1) is 23.2. The highest BCUT2D eigenvalue weighted by molar-refractivity contribution is 6.09. The first-order valence-electron chi connectivity index (χ1n) is 10.3. The van der Waals surface area contributed by atoms with Gasteiger partial charge < -0.3 is 19.5 Å². The van der Waals surface area contributed by atoms with Crippen LogP contribution in [0, 0.1) is 25.2 Å². The number of nitrogens with zero attached hydrogens (tertiary/aromatic N) is 3. The molecule has 1 heterocycles. The molecule has 1 unspecified atom stereocenters. The van der Waals surface area contributed by atoms with Gasteiger partial charge in [0.1, 0.15) is 11.6 Å². The number of nitrogens with one attached hydrogen (secondary N) is 1. The maximum atomic E-state index is 12.7. The van der Waals surface area contributed by atoms with E-state index in [1.54, 1.807) is 13.2 Å². The average Bonchev–Trinajstić information content (AvgIpc) is 3.01. The summed E-state index contributed by atoms with van der Waals surface area (Å²) in [5, 5.41) is 12.4. The number of hydrogen-bond acceptors (Lipinski definition) is 4. The lowest BCUT2D eigenvalue weighted by Gasteiger charge is -2.21. The number of hydrogen-bond donors (Lipinski definition) is 1. The van der Waals surface area contributed by atoms with Gasteiger partial charge in [-0.2, -0.15) is 5.26 Å². The molecule has 0 spiro atoms. The van der Waals surface area contributed by atoms with Gasteiger partial charge >= 0.3 is 0 Å². The molecule has 0 bridgehead atoms. The van der Waals surface area contributed by atoms with Gasteiger partial charge in [0.05, 0.1) is 12.6 Å². The molecule has 0 saturated carbocycles. The molecule has 2 aromatic rings. The van der Waals surface area contributed by atoms with Crippen molar-refractivity contribution in [1.82, 2.24) is 4.57 Å². The zero-order chi connectivity index (χ0) is 22.3. The van der Waals surface area contributed by atoms with E-state index in [9.17, 15) is 10.1 Å². The van der Waals surface area contributed by atoms with Crippen molar-refractivity contribution in [3.05, 3.63) is 52.9 Å². The Labute approximate surface area is 179 Å². The Morgan fingerprint density at radius 2 is 1.90 bits per heavy atom. The van der Waals surface area contributed by atoms with Crippen molar-refractivity contribution in [3.63, 3.8) is 0 Å². The molecule has 0 fully saturated rings. The summed E-state index contributed by atoms with van der Waals surface area (Å²) >= 11 is 0. The highest BCUT2D eigenvalue weighted by atomic mass is 16.5. The number of aryl methyl sites for hydroxylation is 1. The second-order valence-corrected chi connectivity index (χ2v) is 7.34. The van der Waals surface area contributed by atoms with E-state index in [-0.39, 0.29) is 11.6 Å². The van der Waals surface area contributed by atoms with Gasteiger partial charge in [-0.25, -0.2) is 0 Å². The highest BCUT2D eigenvalue weighted by Gasteiger charge is 2.16. The zero-order valence-electron chi connectivity index (χ0n) is 18.8. The number of ether oxygens (including phenoxy) is 1. The summed E-state index contributed by atoms with van der Waals surface area (Å²) < 4.78 is 7.43. The number of methoxy groups -OCH3 is 1. The van der Waals surface area contributed by atoms with E-state index in [0.717, 1.165) is 35.7 Å². The van der Waals surface area contributed by atoms with Gasteiger partial charge in [0.15, 0.2) is 0 Å². The number of carbonyl (C=O) groups is 1. The van der Waals surface area contributed by atoms with E-state index in [1.165, 1.54) is 0 Å². The van der Waals surface area contributed by atoms with Crippen LogP contribution in [0.5, 0.6) is 0 Å². The van der Waals surface area contributed by atoms with Gasteiger partial charge in [-0.1, -0.05) is 0 Å². The van der Waals surface area contributed by atoms with E-state index < -0.39 is 5.91 Å². The highest BCUT2D eigenvalue weighted by Crippen LogP contribution is 2.23. The van der Waals surface area contributed by atoms with Crippen molar-refractivity contribution < 1.29 is 9.53 Å². The third-order valence-electron chi connectivity index (χ3n) is 5.29. The van der Waals surface area contributed by atoms with Crippen LogP contribution in [0.1, 0.15) is 43.8 Å². The molecule has 1 N–H and O–H groups in total. The fourth-order valence-electron chi connectivity index (χ4n) is 3.79. The monoisotopic (exact) mass is 408 g/mol. The molecular formula is C24H32N4O2. The lowest BCUT2D eigenvalue weighted by atomic mass is 10.1. The van der Waals surface area contributed by atoms with Crippen LogP contribution in [0.4, 0.5) is 11.4 Å². The van der Waals surface area contributed by atoms with Crippen molar-refractivity contribution in [2.45, 2.75) is 40.7 Å². The number of nitriles is 1. The molecule has 2 rings (SSSR count). The average molecular weight is 409 g/mol. The molecule has 6 nitrogen and oxygen atoms in total. The van der Waals surface area contributed by atoms with Crippen LogP contribution < -0.4 is 10.2 Å². The maximum Gasteiger partial charge on any atom is 0.266 e. The molecule has 6 heteroatoms. The lowest BCUT2D eigenvalue weighted by Crippen LogP contribution is -2.21. The Hall–Kier alpha value is -3.04. The number of aromatic nitrogens is 1. The van der Waals surface area contributed by atoms with Gasteiger partial charge in [-0.05, 0) is 76.6 Å². The van der Waals surface area contributed by atoms with Crippen molar-refractivity contribution >= 4 is 23.4 Å². The predicted octanol–water partition coefficient (Wildman–Crippen LogP) is 4.70. The maximum absolute atomic E-state index is 12.7. The van der Waals surface area contributed by atoms with Gasteiger partial charge in [-0.3, -0.25) is 4.79 Å². The molecule has 0 saturated heterocycles. The molecule has 1 amide bonds. The minimum absolute atomic E-state index is 0.0717. The molecular weight excluding hydrogens is 376 g/mol. The summed E-state index contributed by atoms with van der Waals surface area (Å²) in [5.74, 6) is -0.414. The second-order valence-electron chi connectivity index (χ2n) is 7.34. The zero-order valence-corrected chi connectivity index (χ0v) is 18.8. The number of rotatable bonds is 9. The number of amides is 1. The predicted molar refractivity (Wildman–Crippen MR) is 123 cm³/mol. The second kappa shape index (κ2) is 10.7. The third-order valence-corrected chi connectivity index (χ3v) is 5.29. The molecule has 0 aliphatic heterocycles. The largest absolute Gasteiger partial charge is 0.383 e. The van der Waals surface area contributed by atoms with Gasteiger partial charge in [0, 0.05) is 43.0 Å². The summed E-state index contributed by atoms with van der Waals surface area (Å²) in [6.07, 6.45) is 1.65. The number of benzene rings is 1. The molecule has 1 aromatic carbocycles. The SMILES string of the molecule is CCN(CC)c1ccc(NC(=O)/C(C#N)=C\c2cc(C)n(C(C)COC)c2C)cc1. The lowest BCUT2D eigenvalue weighted by molar-refractivity contribution is -0.112. The molecule has 1 atom stereocenters. The first-order valence-corrected chi connectivity index (χ1v) is 10.3. The van der Waals surface area contributed by atoms with E-state index in [2.05, 4.69) is 35.6 Å². The summed E-state index contributed by atoms with van der Waals surface area (Å²) in [6, 6.07) is 11.9. The van der Waals surface area contributed by atoms with Crippen LogP contribution in [0.15, 0.2) is 35.9 Å². The first-order chi connectivity index (χ1) is 14.4. The Bertz CT molecular complexity index is 931. The Morgan fingerprint density at radius 3 is 2.43 bits per heavy atom. The van der Waals surface area contributed by atoms with Gasteiger partial charge in [-0.15, -0.1) is 0 Å². The van der Waals surface area contributed by atoms with E-state index in [1.807, 2.05) is 50.2 Å². The fraction of sp³-hybridized carbons (Fsp3) is 0.417. The minimum atomic E-state index is -0.414. The standard InChI is InChI=1S/C24H32N4O2/c1-7-27(8-2)23-11-9-22(10-12-23)26-24(29)21(15-25)14-20-13-17(3)28(19(20)5)18(4)16-30-6/h9-14,18H,7-8,16H2,1-6H3,(H,26,29)/b21-14-. The molecule has 160 valence electrons. The summed E-state index contributed by atoms with van der Waals surface area (Å²) in [6.45, 7) is 12.7. The van der Waals surface area contributed by atoms with Crippen LogP contribution in [0.25, 0.3) is 6.08 Å². The minimum Gasteiger partial charge on any atom is -0.383 e. The van der Waals surface area contributed by atoms with Crippen molar-refractivity contribution in [2.75, 3.05) is 37.0 Å². The molecule has 1 aromatic heterocycles. The van der Waals surface area contributed by atoms with Gasteiger partial charge in [0.2, 0.25) is 0 Å². The van der Waals surface area contributed by atoms with Gasteiger partial charge in [0.25, 0.3) is 5.91 Å². The Morgan fingerprint density at radius 1 is 1.27 bits per heavy atom.